The van der Waals surface area contributed by atoms with Gasteiger partial charge in [0, 0.05) is 0 Å². The van der Waals surface area contributed by atoms with E-state index in [1.807, 2.05) is 0 Å². The second-order valence-electron chi connectivity index (χ2n) is 2.98. The van der Waals surface area contributed by atoms with E-state index in [4.69, 9.17) is 20.0 Å². The van der Waals surface area contributed by atoms with E-state index >= 15 is 0 Å². The minimum absolute atomic E-state index is 0.000524. The number of nitrogens with two attached hydrogens (primary N) is 1. The molecule has 0 aliphatic carbocycles. The van der Waals surface area contributed by atoms with Gasteiger partial charge in [-0.25, -0.2) is 9.86 Å². The van der Waals surface area contributed by atoms with Crippen LogP contribution in [0.3, 0.4) is 0 Å². The largest absolute Gasteiger partial charge is 0.350 e. The summed E-state index contributed by atoms with van der Waals surface area (Å²) in [7, 11) is -3.10. The number of nitrogens with zero attached hydrogens (tertiary/aromatic N) is 1. The zero-order valence-corrected chi connectivity index (χ0v) is 10.5. The second kappa shape index (κ2) is 7.62. The van der Waals surface area contributed by atoms with Gasteiger partial charge >= 0.3 is 13.6 Å². The number of carbonyl (C=O) groups is 1. The van der Waals surface area contributed by atoms with E-state index in [9.17, 15) is 9.36 Å². The van der Waals surface area contributed by atoms with E-state index in [2.05, 4.69) is 0 Å². The Balaban J connectivity index is 4.03. The molecule has 0 spiro atoms. The standard InChI is InChI=1S/C8H19N2O5P/c1-3-14-16(13,15-4-2)7-5-6-10(12)8(9)11/h12H,3-7H2,1-2H3,(H2,9,11). The zero-order chi connectivity index (χ0) is 12.6. The lowest BCUT2D eigenvalue weighted by molar-refractivity contribution is -0.0390. The number of carbonyl (C=O) groups excluding carboxylic acids is 1. The van der Waals surface area contributed by atoms with Crippen LogP contribution in [0.25, 0.3) is 0 Å². The number of amides is 2. The molecule has 0 unspecified atom stereocenters. The molecule has 8 heteroatoms. The number of urea groups is 1. The molecule has 7 nitrogen and oxygen atoms in total. The molecule has 0 bridgehead atoms. The molecule has 2 amide bonds. The fourth-order valence-corrected chi connectivity index (χ4v) is 2.73. The van der Waals surface area contributed by atoms with Crippen LogP contribution < -0.4 is 5.73 Å². The molecule has 0 radical (unpaired) electrons. The lowest BCUT2D eigenvalue weighted by Crippen LogP contribution is -2.33. The van der Waals surface area contributed by atoms with Gasteiger partial charge in [-0.3, -0.25) is 9.77 Å². The predicted molar refractivity (Wildman–Crippen MR) is 58.4 cm³/mol. The summed E-state index contributed by atoms with van der Waals surface area (Å²) < 4.78 is 22.0. The molecule has 0 aromatic heterocycles. The van der Waals surface area contributed by atoms with Crippen molar-refractivity contribution in [1.82, 2.24) is 5.06 Å². The predicted octanol–water partition coefficient (Wildman–Crippen LogP) is 1.41. The molecule has 0 aliphatic rings. The minimum atomic E-state index is -3.10. The molecule has 0 fully saturated rings. The first kappa shape index (κ1) is 15.4. The smallest absolute Gasteiger partial charge is 0.338 e. The van der Waals surface area contributed by atoms with Gasteiger partial charge in [-0.05, 0) is 20.3 Å². The molecule has 0 saturated heterocycles. The summed E-state index contributed by atoms with van der Waals surface area (Å²) in [5.74, 6) is 0. The van der Waals surface area contributed by atoms with Gasteiger partial charge in [0.1, 0.15) is 0 Å². The number of primary amides is 1. The Morgan fingerprint density at radius 2 is 1.88 bits per heavy atom. The summed E-state index contributed by atoms with van der Waals surface area (Å²) in [5.41, 5.74) is 4.81. The van der Waals surface area contributed by atoms with E-state index in [1.54, 1.807) is 13.8 Å². The highest BCUT2D eigenvalue weighted by atomic mass is 31.2. The van der Waals surface area contributed by atoms with Gasteiger partial charge in [0.05, 0.1) is 25.9 Å². The van der Waals surface area contributed by atoms with Crippen LogP contribution in [-0.4, -0.2) is 42.2 Å². The third-order valence-corrected chi connectivity index (χ3v) is 3.88. The lowest BCUT2D eigenvalue weighted by atomic mass is 10.5. The molecule has 0 aromatic rings. The monoisotopic (exact) mass is 254 g/mol. The molecule has 96 valence electrons. The third-order valence-electron chi connectivity index (χ3n) is 1.71. The van der Waals surface area contributed by atoms with Gasteiger partial charge in [-0.15, -0.1) is 0 Å². The molecule has 0 saturated carbocycles. The summed E-state index contributed by atoms with van der Waals surface area (Å²) in [6, 6.07) is -0.942. The van der Waals surface area contributed by atoms with Crippen LogP contribution in [-0.2, 0) is 13.6 Å². The van der Waals surface area contributed by atoms with Crippen LogP contribution in [0, 0.1) is 0 Å². The highest BCUT2D eigenvalue weighted by Gasteiger charge is 2.23. The molecule has 0 heterocycles. The van der Waals surface area contributed by atoms with E-state index in [0.29, 0.717) is 5.06 Å². The number of rotatable bonds is 8. The molecule has 0 aliphatic heterocycles. The van der Waals surface area contributed by atoms with Crippen LogP contribution >= 0.6 is 7.60 Å². The molecular weight excluding hydrogens is 235 g/mol. The van der Waals surface area contributed by atoms with Crippen LogP contribution in [0.2, 0.25) is 0 Å². The van der Waals surface area contributed by atoms with Crippen molar-refractivity contribution in [2.24, 2.45) is 5.73 Å². The average molecular weight is 254 g/mol. The van der Waals surface area contributed by atoms with Gasteiger partial charge in [-0.2, -0.15) is 0 Å². The Labute approximate surface area is 95.0 Å². The highest BCUT2D eigenvalue weighted by Crippen LogP contribution is 2.48. The lowest BCUT2D eigenvalue weighted by Gasteiger charge is -2.18. The van der Waals surface area contributed by atoms with Crippen molar-refractivity contribution in [2.75, 3.05) is 25.9 Å². The number of hydrogen-bond acceptors (Lipinski definition) is 5. The topological polar surface area (TPSA) is 102 Å². The first-order chi connectivity index (χ1) is 7.45. The second-order valence-corrected chi connectivity index (χ2v) is 5.17. The van der Waals surface area contributed by atoms with Crippen LogP contribution in [0.15, 0.2) is 0 Å². The van der Waals surface area contributed by atoms with Crippen molar-refractivity contribution in [3.63, 3.8) is 0 Å². The Kier molecular flexibility index (Phi) is 7.33. The fraction of sp³-hybridized carbons (Fsp3) is 0.875. The molecule has 0 aromatic carbocycles. The summed E-state index contributed by atoms with van der Waals surface area (Å²) in [6.45, 7) is 4.01. The fourth-order valence-electron chi connectivity index (χ4n) is 1.08. The van der Waals surface area contributed by atoms with Crippen molar-refractivity contribution in [1.29, 1.82) is 0 Å². The third kappa shape index (κ3) is 6.07. The van der Waals surface area contributed by atoms with Crippen molar-refractivity contribution in [2.45, 2.75) is 20.3 Å². The van der Waals surface area contributed by atoms with Crippen molar-refractivity contribution in [3.05, 3.63) is 0 Å². The van der Waals surface area contributed by atoms with E-state index < -0.39 is 13.6 Å². The number of hydrogen-bond donors (Lipinski definition) is 2. The number of hydroxylamine groups is 2. The highest BCUT2D eigenvalue weighted by molar-refractivity contribution is 7.53. The van der Waals surface area contributed by atoms with Crippen molar-refractivity contribution in [3.8, 4) is 0 Å². The Morgan fingerprint density at radius 3 is 2.25 bits per heavy atom. The van der Waals surface area contributed by atoms with Gasteiger partial charge in [0.2, 0.25) is 0 Å². The SMILES string of the molecule is CCOP(=O)(CCCN(O)C(N)=O)OCC. The first-order valence-corrected chi connectivity index (χ1v) is 6.82. The van der Waals surface area contributed by atoms with E-state index in [-0.39, 0.29) is 32.3 Å². The Morgan fingerprint density at radius 1 is 1.38 bits per heavy atom. The van der Waals surface area contributed by atoms with Crippen molar-refractivity contribution < 1.29 is 23.6 Å². The Bertz CT molecular complexity index is 251. The molecule has 3 N–H and O–H groups in total. The van der Waals surface area contributed by atoms with Gasteiger partial charge in [0.15, 0.2) is 0 Å². The maximum atomic E-state index is 11.9. The maximum absolute atomic E-state index is 11.9. The van der Waals surface area contributed by atoms with Crippen LogP contribution in [0.5, 0.6) is 0 Å². The average Bonchev–Trinajstić information content (AvgIpc) is 2.17. The molecular formula is C8H19N2O5P. The summed E-state index contributed by atoms with van der Waals surface area (Å²) in [4.78, 5) is 10.5. The first-order valence-electron chi connectivity index (χ1n) is 5.09. The molecule has 16 heavy (non-hydrogen) atoms. The quantitative estimate of drug-likeness (QED) is 0.387. The van der Waals surface area contributed by atoms with Crippen LogP contribution in [0.1, 0.15) is 20.3 Å². The van der Waals surface area contributed by atoms with Gasteiger partial charge in [-0.1, -0.05) is 0 Å². The van der Waals surface area contributed by atoms with Gasteiger partial charge < -0.3 is 14.8 Å². The maximum Gasteiger partial charge on any atom is 0.338 e. The van der Waals surface area contributed by atoms with Crippen LogP contribution in [0.4, 0.5) is 4.79 Å². The normalized spacial score (nSPS) is 11.4. The van der Waals surface area contributed by atoms with Crippen molar-refractivity contribution >= 4 is 13.6 Å². The summed E-state index contributed by atoms with van der Waals surface area (Å²) in [5, 5.41) is 9.33. The van der Waals surface area contributed by atoms with E-state index in [1.165, 1.54) is 0 Å². The zero-order valence-electron chi connectivity index (χ0n) is 9.59. The van der Waals surface area contributed by atoms with Gasteiger partial charge in [0.25, 0.3) is 0 Å². The minimum Gasteiger partial charge on any atom is -0.350 e. The molecule has 0 rings (SSSR count). The van der Waals surface area contributed by atoms with E-state index in [0.717, 1.165) is 0 Å². The molecule has 0 atom stereocenters. The summed E-state index contributed by atoms with van der Waals surface area (Å²) in [6.07, 6.45) is 0.426. The Hall–Kier alpha value is -0.620. The summed E-state index contributed by atoms with van der Waals surface area (Å²) >= 11 is 0.